The molecule has 0 atom stereocenters. The highest BCUT2D eigenvalue weighted by molar-refractivity contribution is 5.67. The van der Waals surface area contributed by atoms with Crippen molar-refractivity contribution in [3.05, 3.63) is 75.9 Å². The van der Waals surface area contributed by atoms with Crippen LogP contribution in [-0.2, 0) is 32.1 Å². The molecule has 22 heavy (non-hydrogen) atoms. The molecule has 0 unspecified atom stereocenters. The van der Waals surface area contributed by atoms with Gasteiger partial charge in [-0.2, -0.15) is 0 Å². The van der Waals surface area contributed by atoms with Crippen LogP contribution in [-0.4, -0.2) is 0 Å². The van der Waals surface area contributed by atoms with Crippen LogP contribution in [0, 0.1) is 0 Å². The predicted molar refractivity (Wildman–Crippen MR) is 94.3 cm³/mol. The molecule has 0 N–H and O–H groups in total. The summed E-state index contributed by atoms with van der Waals surface area (Å²) in [6.45, 7) is 0. The van der Waals surface area contributed by atoms with Gasteiger partial charge in [-0.05, 0) is 84.7 Å². The van der Waals surface area contributed by atoms with Gasteiger partial charge >= 0.3 is 0 Å². The Morgan fingerprint density at radius 2 is 1.68 bits per heavy atom. The molecule has 4 rings (SSSR count). The first-order valence-corrected chi connectivity index (χ1v) is 8.79. The molecule has 0 fully saturated rings. The summed E-state index contributed by atoms with van der Waals surface area (Å²) in [5.74, 6) is 0. The molecule has 0 radical (unpaired) electrons. The fraction of sp³-hybridized carbons (Fsp3) is 0.364. The summed E-state index contributed by atoms with van der Waals surface area (Å²) >= 11 is 0. The third-order valence-electron chi connectivity index (χ3n) is 5.25. The van der Waals surface area contributed by atoms with Gasteiger partial charge < -0.3 is 0 Å². The van der Waals surface area contributed by atoms with Crippen LogP contribution in [0.2, 0.25) is 0 Å². The third kappa shape index (κ3) is 2.63. The number of fused-ring (bicyclic) bond motifs is 3. The monoisotopic (exact) mass is 288 g/mol. The molecule has 0 bridgehead atoms. The van der Waals surface area contributed by atoms with E-state index >= 15 is 0 Å². The molecular weight excluding hydrogens is 264 g/mol. The lowest BCUT2D eigenvalue weighted by atomic mass is 9.82. The Morgan fingerprint density at radius 3 is 2.55 bits per heavy atom. The molecule has 0 saturated heterocycles. The van der Waals surface area contributed by atoms with Crippen LogP contribution < -0.4 is 0 Å². The lowest BCUT2D eigenvalue weighted by molar-refractivity contribution is 0.671. The summed E-state index contributed by atoms with van der Waals surface area (Å²) in [5.41, 5.74) is 9.65. The molecule has 0 nitrogen and oxygen atoms in total. The molecule has 0 aliphatic heterocycles. The molecule has 2 aliphatic carbocycles. The highest BCUT2D eigenvalue weighted by Crippen LogP contribution is 2.34. The molecule has 2 aliphatic rings. The number of hydrogen-bond acceptors (Lipinski definition) is 0. The summed E-state index contributed by atoms with van der Waals surface area (Å²) in [6, 6.07) is 13.4. The normalized spacial score (nSPS) is 15.6. The quantitative estimate of drug-likeness (QED) is 0.715. The van der Waals surface area contributed by atoms with Crippen molar-refractivity contribution >= 4 is 6.08 Å². The first kappa shape index (κ1) is 13.8. The van der Waals surface area contributed by atoms with E-state index in [1.165, 1.54) is 50.5 Å². The van der Waals surface area contributed by atoms with E-state index in [2.05, 4.69) is 48.6 Å². The van der Waals surface area contributed by atoms with E-state index in [1.54, 1.807) is 27.8 Å². The molecule has 112 valence electrons. The van der Waals surface area contributed by atoms with E-state index in [9.17, 15) is 0 Å². The van der Waals surface area contributed by atoms with Crippen LogP contribution in [0.5, 0.6) is 0 Å². The maximum absolute atomic E-state index is 2.52. The van der Waals surface area contributed by atoms with Crippen molar-refractivity contribution in [3.8, 4) is 0 Å². The minimum atomic E-state index is 1.15. The molecular formula is C22H24. The molecule has 0 heterocycles. The maximum Gasteiger partial charge on any atom is -0.00880 e. The Hall–Kier alpha value is -1.82. The molecule has 0 heteroatoms. The third-order valence-corrected chi connectivity index (χ3v) is 5.25. The number of aryl methyl sites for hydroxylation is 2. The Balaban J connectivity index is 1.55. The smallest absolute Gasteiger partial charge is 0.00880 e. The van der Waals surface area contributed by atoms with Crippen molar-refractivity contribution in [2.45, 2.75) is 51.4 Å². The van der Waals surface area contributed by atoms with Gasteiger partial charge in [-0.25, -0.2) is 0 Å². The zero-order chi connectivity index (χ0) is 14.8. The van der Waals surface area contributed by atoms with Crippen LogP contribution in [0.1, 0.15) is 52.6 Å². The van der Waals surface area contributed by atoms with Gasteiger partial charge in [0, 0.05) is 0 Å². The average molecular weight is 288 g/mol. The van der Waals surface area contributed by atoms with Crippen LogP contribution in [0.3, 0.4) is 0 Å². The van der Waals surface area contributed by atoms with Gasteiger partial charge in [-0.15, -0.1) is 0 Å². The zero-order valence-electron chi connectivity index (χ0n) is 13.3. The van der Waals surface area contributed by atoms with Gasteiger partial charge in [-0.1, -0.05) is 48.6 Å². The highest BCUT2D eigenvalue weighted by Gasteiger charge is 2.20. The van der Waals surface area contributed by atoms with E-state index in [-0.39, 0.29) is 0 Å². The Bertz CT molecular complexity index is 692. The van der Waals surface area contributed by atoms with Crippen molar-refractivity contribution in [2.24, 2.45) is 0 Å². The standard InChI is InChI=1S/C22H24/c1-2-8-17(9-3-1)10-6-11-18-16-19-12-7-15-21(19)22-14-5-4-13-20(18)22/h1-3,7-9,15-16H,4-6,10-14H2. The second-order valence-electron chi connectivity index (χ2n) is 6.72. The number of rotatable bonds is 4. The van der Waals surface area contributed by atoms with Crippen LogP contribution in [0.15, 0.2) is 42.5 Å². The van der Waals surface area contributed by atoms with Crippen molar-refractivity contribution in [1.82, 2.24) is 0 Å². The number of benzene rings is 2. The van der Waals surface area contributed by atoms with Gasteiger partial charge in [0.05, 0.1) is 0 Å². The first-order chi connectivity index (χ1) is 10.9. The lowest BCUT2D eigenvalue weighted by Crippen LogP contribution is -2.10. The van der Waals surface area contributed by atoms with Crippen molar-refractivity contribution in [3.63, 3.8) is 0 Å². The number of hydrogen-bond donors (Lipinski definition) is 0. The van der Waals surface area contributed by atoms with Crippen molar-refractivity contribution in [1.29, 1.82) is 0 Å². The maximum atomic E-state index is 2.52. The molecule has 0 amide bonds. The highest BCUT2D eigenvalue weighted by atomic mass is 14.2. The fourth-order valence-electron chi connectivity index (χ4n) is 4.16. The Morgan fingerprint density at radius 1 is 0.864 bits per heavy atom. The second kappa shape index (κ2) is 6.12. The van der Waals surface area contributed by atoms with Gasteiger partial charge in [-0.3, -0.25) is 0 Å². The van der Waals surface area contributed by atoms with Gasteiger partial charge in [0.15, 0.2) is 0 Å². The minimum Gasteiger partial charge on any atom is -0.0795 e. The second-order valence-corrected chi connectivity index (χ2v) is 6.72. The Kier molecular flexibility index (Phi) is 3.84. The van der Waals surface area contributed by atoms with E-state index in [0.717, 1.165) is 6.42 Å². The Labute approximate surface area is 133 Å². The predicted octanol–water partition coefficient (Wildman–Crippen LogP) is 5.31. The molecule has 2 aromatic carbocycles. The average Bonchev–Trinajstić information content (AvgIpc) is 3.04. The van der Waals surface area contributed by atoms with Gasteiger partial charge in [0.1, 0.15) is 0 Å². The summed E-state index contributed by atoms with van der Waals surface area (Å²) < 4.78 is 0. The minimum absolute atomic E-state index is 1.15. The zero-order valence-corrected chi connectivity index (χ0v) is 13.3. The first-order valence-electron chi connectivity index (χ1n) is 8.79. The summed E-state index contributed by atoms with van der Waals surface area (Å²) in [4.78, 5) is 0. The van der Waals surface area contributed by atoms with E-state index in [0.29, 0.717) is 0 Å². The molecule has 0 aromatic heterocycles. The van der Waals surface area contributed by atoms with Crippen molar-refractivity contribution < 1.29 is 0 Å². The fourth-order valence-corrected chi connectivity index (χ4v) is 4.16. The largest absolute Gasteiger partial charge is 0.0795 e. The molecule has 2 aromatic rings. The van der Waals surface area contributed by atoms with Crippen LogP contribution in [0.4, 0.5) is 0 Å². The molecule has 0 saturated carbocycles. The van der Waals surface area contributed by atoms with Crippen LogP contribution >= 0.6 is 0 Å². The molecule has 0 spiro atoms. The van der Waals surface area contributed by atoms with Gasteiger partial charge in [0.25, 0.3) is 0 Å². The van der Waals surface area contributed by atoms with Gasteiger partial charge in [0.2, 0.25) is 0 Å². The van der Waals surface area contributed by atoms with E-state index < -0.39 is 0 Å². The lowest BCUT2D eigenvalue weighted by Gasteiger charge is -2.23. The summed E-state index contributed by atoms with van der Waals surface area (Å²) in [5, 5.41) is 0. The summed E-state index contributed by atoms with van der Waals surface area (Å²) in [6.07, 6.45) is 14.9. The van der Waals surface area contributed by atoms with E-state index in [1.807, 2.05) is 0 Å². The van der Waals surface area contributed by atoms with Crippen LogP contribution in [0.25, 0.3) is 6.08 Å². The van der Waals surface area contributed by atoms with E-state index in [4.69, 9.17) is 0 Å². The SMILES string of the molecule is C1=Cc2c(cc(CCCc3ccccc3)c3c2CCCC3)C1. The number of allylic oxidation sites excluding steroid dienone is 1. The summed E-state index contributed by atoms with van der Waals surface area (Å²) in [7, 11) is 0. The topological polar surface area (TPSA) is 0 Å². The van der Waals surface area contributed by atoms with Crippen molar-refractivity contribution in [2.75, 3.05) is 0 Å².